The van der Waals surface area contributed by atoms with Gasteiger partial charge in [0.05, 0.1) is 29.3 Å². The van der Waals surface area contributed by atoms with E-state index in [1.54, 1.807) is 33.9 Å². The summed E-state index contributed by atoms with van der Waals surface area (Å²) in [6.07, 6.45) is -9.55. The summed E-state index contributed by atoms with van der Waals surface area (Å²) in [5.74, 6) is 0. The molecule has 3 rings (SSSR count). The summed E-state index contributed by atoms with van der Waals surface area (Å²) in [6, 6.07) is 5.80. The molecule has 0 radical (unpaired) electrons. The van der Waals surface area contributed by atoms with Gasteiger partial charge in [-0.3, -0.25) is 0 Å². The van der Waals surface area contributed by atoms with E-state index in [1.165, 1.54) is 23.8 Å². The van der Waals surface area contributed by atoms with E-state index in [2.05, 4.69) is 0 Å². The zero-order chi connectivity index (χ0) is 31.8. The van der Waals surface area contributed by atoms with E-state index in [0.717, 1.165) is 16.0 Å². The minimum Gasteiger partial charge on any atom is -0.444 e. The molecule has 3 amide bonds. The lowest BCUT2D eigenvalue weighted by atomic mass is 9.87. The van der Waals surface area contributed by atoms with Gasteiger partial charge in [0, 0.05) is 20.6 Å². The quantitative estimate of drug-likeness (QED) is 0.332. The van der Waals surface area contributed by atoms with Crippen molar-refractivity contribution in [3.8, 4) is 0 Å². The normalized spacial score (nSPS) is 18.8. The van der Waals surface area contributed by atoms with Gasteiger partial charge in [-0.05, 0) is 82.3 Å². The summed E-state index contributed by atoms with van der Waals surface area (Å²) in [4.78, 5) is 31.2. The maximum absolute atomic E-state index is 14.0. The fourth-order valence-corrected chi connectivity index (χ4v) is 5.17. The Bertz CT molecular complexity index is 1260. The highest BCUT2D eigenvalue weighted by Gasteiger charge is 2.43. The first-order valence-electron chi connectivity index (χ1n) is 13.6. The zero-order valence-corrected chi connectivity index (χ0v) is 24.7. The smallest absolute Gasteiger partial charge is 0.416 e. The predicted molar refractivity (Wildman–Crippen MR) is 146 cm³/mol. The van der Waals surface area contributed by atoms with Crippen LogP contribution in [0.3, 0.4) is 0 Å². The fraction of sp³-hybridized carbons (Fsp3) is 0.533. The van der Waals surface area contributed by atoms with Gasteiger partial charge in [-0.1, -0.05) is 24.3 Å². The molecule has 1 fully saturated rings. The third-order valence-electron chi connectivity index (χ3n) is 7.51. The molecule has 1 aliphatic heterocycles. The minimum atomic E-state index is -5.01. The molecule has 12 heteroatoms. The molecule has 1 heterocycles. The SMILES string of the molecule is Cc1ccccc1[C@H]1[C@H](N(C)C(=O)OC(C)(C)C)CCCN1C(=O)N(C)[C@H](C)c1cc(C(F)(F)F)cc(C(F)(F)F)c1. The maximum atomic E-state index is 14.0. The number of benzene rings is 2. The lowest BCUT2D eigenvalue weighted by molar-refractivity contribution is -0.143. The molecule has 0 unspecified atom stereocenters. The van der Waals surface area contributed by atoms with Crippen LogP contribution in [0.25, 0.3) is 0 Å². The molecule has 2 aromatic carbocycles. The number of likely N-dealkylation sites (N-methyl/N-ethyl adjacent to an activating group) is 1. The molecule has 0 spiro atoms. The van der Waals surface area contributed by atoms with Crippen LogP contribution in [0.2, 0.25) is 0 Å². The van der Waals surface area contributed by atoms with Crippen molar-refractivity contribution in [2.45, 2.75) is 83.5 Å². The van der Waals surface area contributed by atoms with E-state index >= 15 is 0 Å². The molecule has 1 aliphatic rings. The third kappa shape index (κ3) is 7.49. The van der Waals surface area contributed by atoms with E-state index in [-0.39, 0.29) is 18.2 Å². The number of urea groups is 1. The van der Waals surface area contributed by atoms with Crippen molar-refractivity contribution >= 4 is 12.1 Å². The van der Waals surface area contributed by atoms with E-state index in [1.807, 2.05) is 25.1 Å². The summed E-state index contributed by atoms with van der Waals surface area (Å²) in [6.45, 7) is 8.73. The monoisotopic (exact) mass is 601 g/mol. The second-order valence-corrected chi connectivity index (χ2v) is 11.7. The number of carbonyl (C=O) groups is 2. The molecule has 1 saturated heterocycles. The van der Waals surface area contributed by atoms with Crippen molar-refractivity contribution in [1.29, 1.82) is 0 Å². The Kier molecular flexibility index (Phi) is 9.48. The summed E-state index contributed by atoms with van der Waals surface area (Å²) < 4.78 is 86.7. The average molecular weight is 602 g/mol. The minimum absolute atomic E-state index is 0.0635. The molecular formula is C30H37F6N3O3. The van der Waals surface area contributed by atoms with E-state index in [9.17, 15) is 35.9 Å². The van der Waals surface area contributed by atoms with E-state index < -0.39 is 59.3 Å². The number of amides is 3. The fourth-order valence-electron chi connectivity index (χ4n) is 5.17. The molecular weight excluding hydrogens is 564 g/mol. The largest absolute Gasteiger partial charge is 0.444 e. The third-order valence-corrected chi connectivity index (χ3v) is 7.51. The van der Waals surface area contributed by atoms with Crippen LogP contribution < -0.4 is 0 Å². The first kappa shape index (κ1) is 33.1. The van der Waals surface area contributed by atoms with Gasteiger partial charge >= 0.3 is 24.5 Å². The summed E-state index contributed by atoms with van der Waals surface area (Å²) >= 11 is 0. The summed E-state index contributed by atoms with van der Waals surface area (Å²) in [5, 5.41) is 0. The van der Waals surface area contributed by atoms with Crippen molar-refractivity contribution in [1.82, 2.24) is 14.7 Å². The van der Waals surface area contributed by atoms with Crippen LogP contribution in [-0.4, -0.2) is 59.1 Å². The number of carbonyl (C=O) groups excluding carboxylic acids is 2. The van der Waals surface area contributed by atoms with Gasteiger partial charge < -0.3 is 19.4 Å². The van der Waals surface area contributed by atoms with Crippen molar-refractivity contribution < 1.29 is 40.7 Å². The molecule has 0 N–H and O–H groups in total. The van der Waals surface area contributed by atoms with Crippen molar-refractivity contribution in [3.05, 3.63) is 70.3 Å². The summed E-state index contributed by atoms with van der Waals surface area (Å²) in [5.41, 5.74) is -2.34. The molecule has 0 bridgehead atoms. The Hall–Kier alpha value is -3.44. The van der Waals surface area contributed by atoms with Gasteiger partial charge in [-0.25, -0.2) is 9.59 Å². The molecule has 3 atom stereocenters. The number of halogens is 6. The van der Waals surface area contributed by atoms with Crippen molar-refractivity contribution in [2.75, 3.05) is 20.6 Å². The van der Waals surface area contributed by atoms with Crippen LogP contribution in [-0.2, 0) is 17.1 Å². The second-order valence-electron chi connectivity index (χ2n) is 11.7. The van der Waals surface area contributed by atoms with Crippen molar-refractivity contribution in [2.24, 2.45) is 0 Å². The maximum Gasteiger partial charge on any atom is 0.416 e. The molecule has 42 heavy (non-hydrogen) atoms. The van der Waals surface area contributed by atoms with E-state index in [4.69, 9.17) is 4.74 Å². The Balaban J connectivity index is 2.03. The number of nitrogens with zero attached hydrogens (tertiary/aromatic N) is 3. The number of likely N-dealkylation sites (tertiary alicyclic amines) is 1. The Morgan fingerprint density at radius 2 is 1.50 bits per heavy atom. The van der Waals surface area contributed by atoms with Crippen LogP contribution in [0.15, 0.2) is 42.5 Å². The van der Waals surface area contributed by atoms with Crippen LogP contribution >= 0.6 is 0 Å². The van der Waals surface area contributed by atoms with Crippen LogP contribution in [0.4, 0.5) is 35.9 Å². The number of rotatable bonds is 4. The topological polar surface area (TPSA) is 53.1 Å². The van der Waals surface area contributed by atoms with Crippen LogP contribution in [0.1, 0.15) is 80.4 Å². The van der Waals surface area contributed by atoms with Gasteiger partial charge in [0.25, 0.3) is 0 Å². The number of aryl methyl sites for hydroxylation is 1. The highest BCUT2D eigenvalue weighted by atomic mass is 19.4. The highest BCUT2D eigenvalue weighted by molar-refractivity contribution is 5.76. The summed E-state index contributed by atoms with van der Waals surface area (Å²) in [7, 11) is 2.93. The predicted octanol–water partition coefficient (Wildman–Crippen LogP) is 8.22. The average Bonchev–Trinajstić information content (AvgIpc) is 2.89. The molecule has 6 nitrogen and oxygen atoms in total. The molecule has 0 aliphatic carbocycles. The molecule has 0 aromatic heterocycles. The lowest BCUT2D eigenvalue weighted by Crippen LogP contribution is -2.55. The number of piperidine rings is 1. The molecule has 2 aromatic rings. The van der Waals surface area contributed by atoms with Gasteiger partial charge in [0.2, 0.25) is 0 Å². The zero-order valence-electron chi connectivity index (χ0n) is 24.7. The Morgan fingerprint density at radius 3 is 2.00 bits per heavy atom. The first-order valence-corrected chi connectivity index (χ1v) is 13.6. The number of ether oxygens (including phenoxy) is 1. The second kappa shape index (κ2) is 12.0. The van der Waals surface area contributed by atoms with Gasteiger partial charge in [-0.2, -0.15) is 26.3 Å². The van der Waals surface area contributed by atoms with E-state index in [0.29, 0.717) is 25.0 Å². The number of alkyl halides is 6. The standard InChI is InChI=1S/C30H37F6N3O3/c1-18-11-8-9-12-23(18)25-24(38(7)27(41)42-28(3,4)5)13-10-14-39(25)26(40)37(6)19(2)20-15-21(29(31,32)33)17-22(16-20)30(34,35)36/h8-9,11-12,15-17,19,24-25H,10,13-14H2,1-7H3/t19-,24-,25+/m1/s1. The van der Waals surface area contributed by atoms with Gasteiger partial charge in [0.15, 0.2) is 0 Å². The molecule has 0 saturated carbocycles. The number of hydrogen-bond donors (Lipinski definition) is 0. The van der Waals surface area contributed by atoms with Gasteiger partial charge in [0.1, 0.15) is 5.60 Å². The van der Waals surface area contributed by atoms with Crippen molar-refractivity contribution in [3.63, 3.8) is 0 Å². The molecule has 232 valence electrons. The van der Waals surface area contributed by atoms with Crippen LogP contribution in [0.5, 0.6) is 0 Å². The Labute approximate surface area is 242 Å². The van der Waals surface area contributed by atoms with Crippen LogP contribution in [0, 0.1) is 6.92 Å². The first-order chi connectivity index (χ1) is 19.2. The number of hydrogen-bond acceptors (Lipinski definition) is 3. The highest BCUT2D eigenvalue weighted by Crippen LogP contribution is 2.40. The lowest BCUT2D eigenvalue weighted by Gasteiger charge is -2.47. The van der Waals surface area contributed by atoms with Gasteiger partial charge in [-0.15, -0.1) is 0 Å². The Morgan fingerprint density at radius 1 is 0.952 bits per heavy atom.